The van der Waals surface area contributed by atoms with Crippen LogP contribution in [-0.4, -0.2) is 0 Å². The van der Waals surface area contributed by atoms with Gasteiger partial charge in [0.2, 0.25) is 0 Å². The fraction of sp³-hybridized carbons (Fsp3) is 0.742. The lowest BCUT2D eigenvalue weighted by Gasteiger charge is -2.42. The Morgan fingerprint density at radius 3 is 2.55 bits per heavy atom. The van der Waals surface area contributed by atoms with Crippen molar-refractivity contribution in [3.05, 3.63) is 46.5 Å². The van der Waals surface area contributed by atoms with Gasteiger partial charge in [-0.3, -0.25) is 0 Å². The first-order chi connectivity index (χ1) is 16.1. The molecule has 3 aliphatic rings. The highest BCUT2D eigenvalue weighted by Gasteiger charge is 2.38. The van der Waals surface area contributed by atoms with Gasteiger partial charge in [0, 0.05) is 5.56 Å². The van der Waals surface area contributed by atoms with E-state index in [1.807, 2.05) is 0 Å². The quantitative estimate of drug-likeness (QED) is 0.256. The van der Waals surface area contributed by atoms with Crippen LogP contribution in [0.5, 0.6) is 0 Å². The van der Waals surface area contributed by atoms with Crippen molar-refractivity contribution in [2.45, 2.75) is 122 Å². The minimum absolute atomic E-state index is 0.0860. The minimum Gasteiger partial charge on any atom is -0.207 e. The molecule has 2 fully saturated rings. The lowest BCUT2D eigenvalue weighted by molar-refractivity contribution is 0.113. The summed E-state index contributed by atoms with van der Waals surface area (Å²) in [5, 5.41) is 0. The average molecular weight is 457 g/mol. The Labute approximate surface area is 201 Å². The first-order valence-electron chi connectivity index (χ1n) is 14.2. The van der Waals surface area contributed by atoms with Crippen molar-refractivity contribution in [2.24, 2.45) is 23.7 Å². The van der Waals surface area contributed by atoms with E-state index in [2.05, 4.69) is 26.0 Å². The van der Waals surface area contributed by atoms with Crippen LogP contribution in [0.1, 0.15) is 126 Å². The molecule has 0 aliphatic heterocycles. The summed E-state index contributed by atoms with van der Waals surface area (Å²) in [5.41, 5.74) is 2.27. The molecule has 33 heavy (non-hydrogen) atoms. The first kappa shape index (κ1) is 24.9. The van der Waals surface area contributed by atoms with Gasteiger partial charge in [0.15, 0.2) is 0 Å². The summed E-state index contributed by atoms with van der Waals surface area (Å²) in [6.07, 6.45) is 23.1. The summed E-state index contributed by atoms with van der Waals surface area (Å²) >= 11 is 0. The van der Waals surface area contributed by atoms with E-state index in [1.165, 1.54) is 64.2 Å². The Balaban J connectivity index is 1.38. The normalized spacial score (nSPS) is 29.8. The molecule has 4 rings (SSSR count). The second kappa shape index (κ2) is 12.0. The molecule has 3 aliphatic carbocycles. The Kier molecular flexibility index (Phi) is 9.05. The van der Waals surface area contributed by atoms with Crippen LogP contribution in [0.25, 0.3) is 0 Å². The molecule has 0 nitrogen and oxygen atoms in total. The zero-order chi connectivity index (χ0) is 23.2. The number of hydrogen-bond donors (Lipinski definition) is 0. The molecule has 0 heterocycles. The highest BCUT2D eigenvalue weighted by atomic mass is 19.1. The maximum Gasteiger partial charge on any atom is 0.133 e. The molecular weight excluding hydrogens is 410 g/mol. The molecule has 0 amide bonds. The van der Waals surface area contributed by atoms with Gasteiger partial charge in [-0.25, -0.2) is 8.78 Å². The monoisotopic (exact) mass is 456 g/mol. The van der Waals surface area contributed by atoms with E-state index < -0.39 is 0 Å². The van der Waals surface area contributed by atoms with Gasteiger partial charge in [-0.05, 0) is 118 Å². The zero-order valence-corrected chi connectivity index (χ0v) is 21.2. The number of fused-ring (bicyclic) bond motifs is 2. The molecule has 0 radical (unpaired) electrons. The molecular formula is C31H46F2. The topological polar surface area (TPSA) is 0 Å². The van der Waals surface area contributed by atoms with Gasteiger partial charge in [-0.15, -0.1) is 0 Å². The fourth-order valence-electron chi connectivity index (χ4n) is 7.43. The molecule has 2 saturated carbocycles. The van der Waals surface area contributed by atoms with Gasteiger partial charge in [0.05, 0.1) is 0 Å². The molecule has 5 unspecified atom stereocenters. The first-order valence-corrected chi connectivity index (χ1v) is 14.2. The van der Waals surface area contributed by atoms with Crippen molar-refractivity contribution in [3.63, 3.8) is 0 Å². The zero-order valence-electron chi connectivity index (χ0n) is 21.2. The van der Waals surface area contributed by atoms with Gasteiger partial charge in [-0.1, -0.05) is 57.6 Å². The average Bonchev–Trinajstić information content (AvgIpc) is 2.82. The van der Waals surface area contributed by atoms with Crippen molar-refractivity contribution < 1.29 is 8.78 Å². The summed E-state index contributed by atoms with van der Waals surface area (Å²) in [6.45, 7) is 4.34. The Bertz CT molecular complexity index is 795. The van der Waals surface area contributed by atoms with Crippen molar-refractivity contribution in [3.8, 4) is 0 Å². The van der Waals surface area contributed by atoms with Gasteiger partial charge < -0.3 is 0 Å². The summed E-state index contributed by atoms with van der Waals surface area (Å²) in [5.74, 6) is 2.58. The lowest BCUT2D eigenvalue weighted by Crippen LogP contribution is -2.31. The molecule has 0 bridgehead atoms. The Morgan fingerprint density at radius 2 is 1.73 bits per heavy atom. The number of hydrogen-bond acceptors (Lipinski definition) is 0. The van der Waals surface area contributed by atoms with Crippen molar-refractivity contribution in [2.75, 3.05) is 0 Å². The second-order valence-corrected chi connectivity index (χ2v) is 11.5. The predicted octanol–water partition coefficient (Wildman–Crippen LogP) is 9.70. The number of benzene rings is 1. The molecule has 5 atom stereocenters. The molecule has 0 N–H and O–H groups in total. The third-order valence-corrected chi connectivity index (χ3v) is 9.33. The van der Waals surface area contributed by atoms with E-state index >= 15 is 8.78 Å². The van der Waals surface area contributed by atoms with Gasteiger partial charge in [0.1, 0.15) is 11.6 Å². The summed E-state index contributed by atoms with van der Waals surface area (Å²) in [6, 6.07) is 1.73. The SMILES string of the molecule is C/C=C/CCC1CCC2CC(c3c(F)cc4c(c3F)CCC(CCCCCC)C4)CCC2C1. The van der Waals surface area contributed by atoms with Crippen LogP contribution in [0.3, 0.4) is 0 Å². The standard InChI is InChI=1S/C31H46F2/c1-3-5-7-9-11-23-13-17-28-27(19-23)21-29(32)30(31(28)33)26-16-15-24-18-22(10-8-6-4-2)12-14-25(24)20-26/h4,6,21-26H,3,5,7-20H2,1-2H3/b6-4+. The van der Waals surface area contributed by atoms with E-state index in [-0.39, 0.29) is 17.6 Å². The Morgan fingerprint density at radius 1 is 0.909 bits per heavy atom. The van der Waals surface area contributed by atoms with Crippen LogP contribution < -0.4 is 0 Å². The van der Waals surface area contributed by atoms with Crippen LogP contribution >= 0.6 is 0 Å². The smallest absolute Gasteiger partial charge is 0.133 e. The largest absolute Gasteiger partial charge is 0.207 e. The number of unbranched alkanes of at least 4 members (excludes halogenated alkanes) is 3. The van der Waals surface area contributed by atoms with E-state index in [9.17, 15) is 0 Å². The minimum atomic E-state index is -0.249. The van der Waals surface area contributed by atoms with Crippen molar-refractivity contribution >= 4 is 0 Å². The Hall–Kier alpha value is -1.18. The number of halogens is 2. The molecule has 184 valence electrons. The third-order valence-electron chi connectivity index (χ3n) is 9.33. The van der Waals surface area contributed by atoms with E-state index in [0.717, 1.165) is 61.5 Å². The molecule has 1 aromatic carbocycles. The summed E-state index contributed by atoms with van der Waals surface area (Å²) < 4.78 is 31.0. The third kappa shape index (κ3) is 6.09. The molecule has 1 aromatic rings. The van der Waals surface area contributed by atoms with Crippen LogP contribution in [0.4, 0.5) is 8.78 Å². The van der Waals surface area contributed by atoms with E-state index in [0.29, 0.717) is 17.4 Å². The number of allylic oxidation sites excluding steroid dienone is 2. The van der Waals surface area contributed by atoms with E-state index in [1.54, 1.807) is 6.07 Å². The van der Waals surface area contributed by atoms with E-state index in [4.69, 9.17) is 0 Å². The highest BCUT2D eigenvalue weighted by molar-refractivity contribution is 5.39. The molecule has 2 heteroatoms. The number of rotatable bonds is 9. The van der Waals surface area contributed by atoms with Crippen LogP contribution in [0.2, 0.25) is 0 Å². The molecule has 0 spiro atoms. The van der Waals surface area contributed by atoms with Crippen LogP contribution in [0, 0.1) is 35.3 Å². The maximum atomic E-state index is 15.7. The summed E-state index contributed by atoms with van der Waals surface area (Å²) in [4.78, 5) is 0. The second-order valence-electron chi connectivity index (χ2n) is 11.5. The molecule has 0 saturated heterocycles. The molecule has 0 aromatic heterocycles. The van der Waals surface area contributed by atoms with Crippen molar-refractivity contribution in [1.82, 2.24) is 0 Å². The van der Waals surface area contributed by atoms with Gasteiger partial charge in [-0.2, -0.15) is 0 Å². The van der Waals surface area contributed by atoms with Gasteiger partial charge in [0.25, 0.3) is 0 Å². The predicted molar refractivity (Wildman–Crippen MR) is 136 cm³/mol. The summed E-state index contributed by atoms with van der Waals surface area (Å²) in [7, 11) is 0. The van der Waals surface area contributed by atoms with Gasteiger partial charge >= 0.3 is 0 Å². The highest BCUT2D eigenvalue weighted by Crippen LogP contribution is 2.49. The maximum absolute atomic E-state index is 15.7. The van der Waals surface area contributed by atoms with Crippen LogP contribution in [0.15, 0.2) is 18.2 Å². The lowest BCUT2D eigenvalue weighted by atomic mass is 9.63. The van der Waals surface area contributed by atoms with Crippen LogP contribution in [-0.2, 0) is 12.8 Å². The fourth-order valence-corrected chi connectivity index (χ4v) is 7.43. The van der Waals surface area contributed by atoms with Crippen molar-refractivity contribution in [1.29, 1.82) is 0 Å².